The van der Waals surface area contributed by atoms with E-state index in [4.69, 9.17) is 9.84 Å². The first-order chi connectivity index (χ1) is 6.83. The van der Waals surface area contributed by atoms with Crippen LogP contribution >= 0.6 is 0 Å². The fourth-order valence-corrected chi connectivity index (χ4v) is 1.48. The third kappa shape index (κ3) is 3.34. The first-order valence-electron chi connectivity index (χ1n) is 5.06. The summed E-state index contributed by atoms with van der Waals surface area (Å²) < 4.78 is 18.3. The Morgan fingerprint density at radius 1 is 1.53 bits per heavy atom. The molecule has 1 fully saturated rings. The van der Waals surface area contributed by atoms with E-state index in [0.717, 1.165) is 0 Å². The number of ether oxygens (including phenoxy) is 1. The standard InChI is InChI=1S/C10H18FNO3/c1-10(2,3)15-9(14)12-4-7(6-13)8(11)5-12/h7-8,13H,4-6H2,1-3H3/t7-,8-/m1/s1. The van der Waals surface area contributed by atoms with E-state index in [1.807, 2.05) is 0 Å². The molecule has 0 aromatic carbocycles. The molecule has 0 aromatic heterocycles. The van der Waals surface area contributed by atoms with Crippen molar-refractivity contribution in [2.24, 2.45) is 5.92 Å². The van der Waals surface area contributed by atoms with Gasteiger partial charge in [-0.2, -0.15) is 0 Å². The molecule has 1 N–H and O–H groups in total. The van der Waals surface area contributed by atoms with Crippen LogP contribution in [-0.2, 0) is 4.74 Å². The topological polar surface area (TPSA) is 49.8 Å². The lowest BCUT2D eigenvalue weighted by Crippen LogP contribution is -2.35. The van der Waals surface area contributed by atoms with Gasteiger partial charge in [0.25, 0.3) is 0 Å². The van der Waals surface area contributed by atoms with E-state index in [-0.39, 0.29) is 19.7 Å². The molecule has 0 spiro atoms. The van der Waals surface area contributed by atoms with Gasteiger partial charge >= 0.3 is 6.09 Å². The van der Waals surface area contributed by atoms with E-state index in [9.17, 15) is 9.18 Å². The number of aliphatic hydroxyl groups excluding tert-OH is 1. The molecule has 2 atom stereocenters. The van der Waals surface area contributed by atoms with E-state index < -0.39 is 23.8 Å². The molecular formula is C10H18FNO3. The van der Waals surface area contributed by atoms with Gasteiger partial charge in [-0.25, -0.2) is 9.18 Å². The highest BCUT2D eigenvalue weighted by Crippen LogP contribution is 2.21. The van der Waals surface area contributed by atoms with Crippen molar-refractivity contribution in [3.8, 4) is 0 Å². The predicted octanol–water partition coefficient (Wildman–Crippen LogP) is 1.18. The molecule has 0 aromatic rings. The zero-order valence-corrected chi connectivity index (χ0v) is 9.36. The Balaban J connectivity index is 2.50. The Bertz CT molecular complexity index is 239. The van der Waals surface area contributed by atoms with Crippen LogP contribution in [0.3, 0.4) is 0 Å². The Labute approximate surface area is 89.0 Å². The van der Waals surface area contributed by atoms with Gasteiger partial charge in [-0.1, -0.05) is 0 Å². The molecule has 0 unspecified atom stereocenters. The van der Waals surface area contributed by atoms with Crippen molar-refractivity contribution in [1.82, 2.24) is 4.90 Å². The van der Waals surface area contributed by atoms with E-state index in [1.165, 1.54) is 4.90 Å². The molecule has 0 radical (unpaired) electrons. The number of aliphatic hydroxyl groups is 1. The maximum Gasteiger partial charge on any atom is 0.410 e. The maximum absolute atomic E-state index is 13.2. The molecule has 0 aliphatic carbocycles. The first-order valence-corrected chi connectivity index (χ1v) is 5.06. The second kappa shape index (κ2) is 4.35. The molecule has 1 amide bonds. The second-order valence-corrected chi connectivity index (χ2v) is 4.84. The Morgan fingerprint density at radius 2 is 2.13 bits per heavy atom. The van der Waals surface area contributed by atoms with E-state index >= 15 is 0 Å². The van der Waals surface area contributed by atoms with Crippen LogP contribution in [0.2, 0.25) is 0 Å². The number of carbonyl (C=O) groups is 1. The SMILES string of the molecule is CC(C)(C)OC(=O)N1C[C@H](CO)[C@H](F)C1. The molecule has 0 saturated carbocycles. The lowest BCUT2D eigenvalue weighted by Gasteiger charge is -2.24. The van der Waals surface area contributed by atoms with Crippen molar-refractivity contribution in [3.05, 3.63) is 0 Å². The largest absolute Gasteiger partial charge is 0.444 e. The number of hydrogen-bond acceptors (Lipinski definition) is 3. The minimum absolute atomic E-state index is 0.0140. The molecule has 1 aliphatic rings. The summed E-state index contributed by atoms with van der Waals surface area (Å²) >= 11 is 0. The summed E-state index contributed by atoms with van der Waals surface area (Å²) in [6.45, 7) is 5.29. The Kier molecular flexibility index (Phi) is 3.54. The van der Waals surface area contributed by atoms with Crippen molar-refractivity contribution in [2.45, 2.75) is 32.5 Å². The van der Waals surface area contributed by atoms with Gasteiger partial charge in [-0.05, 0) is 20.8 Å². The summed E-state index contributed by atoms with van der Waals surface area (Å²) in [5.74, 6) is -0.475. The molecule has 5 heteroatoms. The highest BCUT2D eigenvalue weighted by atomic mass is 19.1. The van der Waals surface area contributed by atoms with Crippen molar-refractivity contribution in [2.75, 3.05) is 19.7 Å². The first kappa shape index (κ1) is 12.2. The summed E-state index contributed by atoms with van der Waals surface area (Å²) in [4.78, 5) is 12.8. The predicted molar refractivity (Wildman–Crippen MR) is 53.3 cm³/mol. The highest BCUT2D eigenvalue weighted by molar-refractivity contribution is 5.68. The van der Waals surface area contributed by atoms with Crippen molar-refractivity contribution in [3.63, 3.8) is 0 Å². The number of nitrogens with zero attached hydrogens (tertiary/aromatic N) is 1. The zero-order chi connectivity index (χ0) is 11.6. The van der Waals surface area contributed by atoms with Crippen molar-refractivity contribution in [1.29, 1.82) is 0 Å². The Morgan fingerprint density at radius 3 is 2.53 bits per heavy atom. The fraction of sp³-hybridized carbons (Fsp3) is 0.900. The lowest BCUT2D eigenvalue weighted by molar-refractivity contribution is 0.0279. The third-order valence-corrected chi connectivity index (χ3v) is 2.25. The third-order valence-electron chi connectivity index (χ3n) is 2.25. The van der Waals surface area contributed by atoms with Crippen LogP contribution in [0.4, 0.5) is 9.18 Å². The number of amides is 1. The van der Waals surface area contributed by atoms with Gasteiger partial charge in [0.2, 0.25) is 0 Å². The van der Waals surface area contributed by atoms with Crippen molar-refractivity contribution < 1.29 is 19.0 Å². The zero-order valence-electron chi connectivity index (χ0n) is 9.36. The molecule has 4 nitrogen and oxygen atoms in total. The van der Waals surface area contributed by atoms with E-state index in [2.05, 4.69) is 0 Å². The van der Waals surface area contributed by atoms with Gasteiger partial charge in [0.15, 0.2) is 0 Å². The van der Waals surface area contributed by atoms with Crippen LogP contribution in [0.1, 0.15) is 20.8 Å². The van der Waals surface area contributed by atoms with Crippen LogP contribution in [0.15, 0.2) is 0 Å². The van der Waals surface area contributed by atoms with Crippen LogP contribution < -0.4 is 0 Å². The summed E-state index contributed by atoms with van der Waals surface area (Å²) in [6, 6.07) is 0. The number of rotatable bonds is 1. The van der Waals surface area contributed by atoms with Gasteiger partial charge in [0.05, 0.1) is 13.2 Å². The van der Waals surface area contributed by atoms with Crippen molar-refractivity contribution >= 4 is 6.09 Å². The summed E-state index contributed by atoms with van der Waals surface area (Å²) in [6.07, 6.45) is -1.66. The number of carbonyl (C=O) groups excluding carboxylic acids is 1. The normalized spacial score (nSPS) is 26.9. The lowest BCUT2D eigenvalue weighted by atomic mass is 10.1. The van der Waals surface area contributed by atoms with Gasteiger partial charge in [-0.15, -0.1) is 0 Å². The summed E-state index contributed by atoms with van der Waals surface area (Å²) in [5.41, 5.74) is -0.569. The van der Waals surface area contributed by atoms with E-state index in [0.29, 0.717) is 0 Å². The van der Waals surface area contributed by atoms with Gasteiger partial charge in [0.1, 0.15) is 11.8 Å². The monoisotopic (exact) mass is 219 g/mol. The number of hydrogen-bond donors (Lipinski definition) is 1. The minimum Gasteiger partial charge on any atom is -0.444 e. The minimum atomic E-state index is -1.15. The molecular weight excluding hydrogens is 201 g/mol. The molecule has 1 aliphatic heterocycles. The number of alkyl halides is 1. The molecule has 1 rings (SSSR count). The van der Waals surface area contributed by atoms with Gasteiger partial charge < -0.3 is 14.7 Å². The maximum atomic E-state index is 13.2. The number of halogens is 1. The van der Waals surface area contributed by atoms with Gasteiger partial charge in [-0.3, -0.25) is 0 Å². The molecule has 88 valence electrons. The van der Waals surface area contributed by atoms with E-state index in [1.54, 1.807) is 20.8 Å². The Hall–Kier alpha value is -0.840. The van der Waals surface area contributed by atoms with Gasteiger partial charge in [0, 0.05) is 12.5 Å². The number of likely N-dealkylation sites (tertiary alicyclic amines) is 1. The van der Waals surface area contributed by atoms with Crippen LogP contribution in [0.25, 0.3) is 0 Å². The summed E-state index contributed by atoms with van der Waals surface area (Å²) in [7, 11) is 0. The second-order valence-electron chi connectivity index (χ2n) is 4.84. The summed E-state index contributed by atoms with van der Waals surface area (Å²) in [5, 5.41) is 8.85. The van der Waals surface area contributed by atoms with Crippen LogP contribution in [0, 0.1) is 5.92 Å². The van der Waals surface area contributed by atoms with Crippen LogP contribution in [-0.4, -0.2) is 47.6 Å². The smallest absolute Gasteiger partial charge is 0.410 e. The highest BCUT2D eigenvalue weighted by Gasteiger charge is 2.36. The quantitative estimate of drug-likeness (QED) is 0.720. The molecule has 1 saturated heterocycles. The molecule has 0 bridgehead atoms. The molecule has 15 heavy (non-hydrogen) atoms. The molecule has 1 heterocycles. The van der Waals surface area contributed by atoms with Crippen LogP contribution in [0.5, 0.6) is 0 Å². The average molecular weight is 219 g/mol. The fourth-order valence-electron chi connectivity index (χ4n) is 1.48. The average Bonchev–Trinajstić information content (AvgIpc) is 2.43.